The molecule has 0 spiro atoms. The molecule has 2 aliphatic heterocycles. The van der Waals surface area contributed by atoms with Crippen LogP contribution in [0.15, 0.2) is 30.5 Å². The first kappa shape index (κ1) is 29.6. The number of carbonyl (C=O) groups is 2. The van der Waals surface area contributed by atoms with Crippen molar-refractivity contribution in [1.29, 1.82) is 0 Å². The number of carbonyl (C=O) groups excluding carboxylic acids is 2. The van der Waals surface area contributed by atoms with Gasteiger partial charge in [0.05, 0.1) is 51.1 Å². The fourth-order valence-corrected chi connectivity index (χ4v) is 5.86. The Bertz CT molecular complexity index is 1440. The predicted molar refractivity (Wildman–Crippen MR) is 159 cm³/mol. The van der Waals surface area contributed by atoms with Crippen molar-refractivity contribution in [1.82, 2.24) is 19.4 Å². The van der Waals surface area contributed by atoms with Crippen LogP contribution >= 0.6 is 0 Å². The monoisotopic (exact) mass is 579 g/mol. The van der Waals surface area contributed by atoms with Crippen molar-refractivity contribution in [2.75, 3.05) is 38.8 Å². The summed E-state index contributed by atoms with van der Waals surface area (Å²) >= 11 is 0. The van der Waals surface area contributed by atoms with Crippen molar-refractivity contribution >= 4 is 28.9 Å². The maximum atomic E-state index is 12.8. The molecule has 11 nitrogen and oxygen atoms in total. The molecule has 226 valence electrons. The highest BCUT2D eigenvalue weighted by Crippen LogP contribution is 2.35. The fraction of sp³-hybridized carbons (Fsp3) is 0.548. The van der Waals surface area contributed by atoms with Crippen molar-refractivity contribution in [2.45, 2.75) is 77.8 Å². The zero-order valence-corrected chi connectivity index (χ0v) is 25.5. The van der Waals surface area contributed by atoms with E-state index in [-0.39, 0.29) is 12.2 Å². The molecule has 0 unspecified atom stereocenters. The molecule has 1 amide bonds. The van der Waals surface area contributed by atoms with Crippen LogP contribution in [-0.2, 0) is 20.8 Å². The highest BCUT2D eigenvalue weighted by atomic mass is 16.6. The minimum Gasteiger partial charge on any atom is -0.494 e. The van der Waals surface area contributed by atoms with Crippen LogP contribution in [0.5, 0.6) is 5.75 Å². The Morgan fingerprint density at radius 1 is 1.10 bits per heavy atom. The number of amides is 1. The fourth-order valence-electron chi connectivity index (χ4n) is 5.86. The number of nitrogens with zero attached hydrogens (tertiary/aromatic N) is 5. The number of rotatable bonds is 6. The van der Waals surface area contributed by atoms with Gasteiger partial charge in [0.15, 0.2) is 0 Å². The van der Waals surface area contributed by atoms with Gasteiger partial charge in [0.25, 0.3) is 0 Å². The number of hydrogen-bond acceptors (Lipinski definition) is 9. The van der Waals surface area contributed by atoms with E-state index >= 15 is 0 Å². The number of methoxy groups -OCH3 is 2. The molecule has 5 rings (SSSR count). The number of pyridine rings is 1. The summed E-state index contributed by atoms with van der Waals surface area (Å²) in [6, 6.07) is 8.28. The second-order valence-corrected chi connectivity index (χ2v) is 12.1. The number of esters is 1. The molecule has 0 N–H and O–H groups in total. The lowest BCUT2D eigenvalue weighted by Gasteiger charge is -2.34. The van der Waals surface area contributed by atoms with Crippen LogP contribution < -0.4 is 9.64 Å². The van der Waals surface area contributed by atoms with Crippen LogP contribution in [0.1, 0.15) is 57.8 Å². The molecule has 2 aromatic heterocycles. The SMILES string of the molecule is COC(=O)c1cc(OC)c2c(c1)nc(-c1ccc(N3[C@@H](C)CC[C@@H]3C)nc1)n2C[C@@H]1CN(C(=O)OC(C)(C)C)CCO1. The Kier molecular flexibility index (Phi) is 8.32. The van der Waals surface area contributed by atoms with Crippen LogP contribution in [0.2, 0.25) is 0 Å². The number of hydrogen-bond donors (Lipinski definition) is 0. The highest BCUT2D eigenvalue weighted by Gasteiger charge is 2.31. The normalized spacial score (nSPS) is 21.1. The van der Waals surface area contributed by atoms with Crippen LogP contribution in [0.4, 0.5) is 10.6 Å². The minimum atomic E-state index is -0.590. The van der Waals surface area contributed by atoms with Gasteiger partial charge in [-0.3, -0.25) is 0 Å². The molecule has 0 saturated carbocycles. The molecular weight excluding hydrogens is 538 g/mol. The van der Waals surface area contributed by atoms with Crippen LogP contribution in [0.25, 0.3) is 22.4 Å². The number of morpholine rings is 1. The molecule has 3 aromatic rings. The van der Waals surface area contributed by atoms with Gasteiger partial charge >= 0.3 is 12.1 Å². The van der Waals surface area contributed by atoms with E-state index in [1.54, 1.807) is 24.1 Å². The van der Waals surface area contributed by atoms with E-state index in [0.29, 0.717) is 66.5 Å². The zero-order valence-electron chi connectivity index (χ0n) is 25.5. The number of aromatic nitrogens is 3. The second kappa shape index (κ2) is 11.8. The molecule has 4 heterocycles. The van der Waals surface area contributed by atoms with Crippen LogP contribution in [0, 0.1) is 0 Å². The Hall–Kier alpha value is -3.86. The summed E-state index contributed by atoms with van der Waals surface area (Å²) < 4.78 is 24.5. The van der Waals surface area contributed by atoms with Gasteiger partial charge in [-0.2, -0.15) is 0 Å². The summed E-state index contributed by atoms with van der Waals surface area (Å²) in [4.78, 5) is 39.1. The molecule has 2 fully saturated rings. The van der Waals surface area contributed by atoms with Gasteiger partial charge < -0.3 is 33.3 Å². The van der Waals surface area contributed by atoms with Crippen molar-refractivity contribution < 1.29 is 28.5 Å². The van der Waals surface area contributed by atoms with E-state index in [1.807, 2.05) is 43.7 Å². The largest absolute Gasteiger partial charge is 0.494 e. The zero-order chi connectivity index (χ0) is 30.2. The highest BCUT2D eigenvalue weighted by molar-refractivity contribution is 5.97. The van der Waals surface area contributed by atoms with Gasteiger partial charge in [-0.05, 0) is 71.7 Å². The number of anilines is 1. The third-order valence-corrected chi connectivity index (χ3v) is 7.85. The third kappa shape index (κ3) is 6.01. The second-order valence-electron chi connectivity index (χ2n) is 12.1. The van der Waals surface area contributed by atoms with Gasteiger partial charge in [-0.1, -0.05) is 0 Å². The Balaban J connectivity index is 1.53. The van der Waals surface area contributed by atoms with Gasteiger partial charge in [0, 0.05) is 30.4 Å². The smallest absolute Gasteiger partial charge is 0.410 e. The first-order chi connectivity index (χ1) is 20.0. The van der Waals surface area contributed by atoms with Gasteiger partial charge in [0.2, 0.25) is 0 Å². The third-order valence-electron chi connectivity index (χ3n) is 7.85. The van der Waals surface area contributed by atoms with Crippen LogP contribution in [-0.4, -0.2) is 89.2 Å². The topological polar surface area (TPSA) is 108 Å². The molecule has 2 aliphatic rings. The summed E-state index contributed by atoms with van der Waals surface area (Å²) in [5, 5.41) is 0. The van der Waals surface area contributed by atoms with Crippen molar-refractivity contribution in [3.05, 3.63) is 36.0 Å². The standard InChI is InChI=1S/C31H41N5O6/c1-19-8-9-20(2)36(19)26-11-10-21(16-32-26)28-33-24-14-22(29(37)40-7)15-25(39-6)27(24)35(28)18-23-17-34(12-13-41-23)30(38)42-31(3,4)5/h10-11,14-16,19-20,23H,8-9,12-13,17-18H2,1-7H3/t19-,20-,23-/m0/s1. The predicted octanol–water partition coefficient (Wildman–Crippen LogP) is 4.91. The molecule has 1 aromatic carbocycles. The molecule has 42 heavy (non-hydrogen) atoms. The Labute approximate surface area is 246 Å². The van der Waals surface area contributed by atoms with E-state index in [4.69, 9.17) is 28.9 Å². The van der Waals surface area contributed by atoms with Crippen molar-refractivity contribution in [3.63, 3.8) is 0 Å². The molecule has 0 aliphatic carbocycles. The molecule has 3 atom stereocenters. The minimum absolute atomic E-state index is 0.328. The summed E-state index contributed by atoms with van der Waals surface area (Å²) in [6.07, 6.45) is 3.44. The number of benzene rings is 1. The van der Waals surface area contributed by atoms with Crippen molar-refractivity contribution in [3.8, 4) is 17.1 Å². The summed E-state index contributed by atoms with van der Waals surface area (Å²) in [7, 11) is 2.90. The maximum Gasteiger partial charge on any atom is 0.410 e. The molecule has 0 bridgehead atoms. The lowest BCUT2D eigenvalue weighted by atomic mass is 10.1. The van der Waals surface area contributed by atoms with Gasteiger partial charge in [-0.15, -0.1) is 0 Å². The van der Waals surface area contributed by atoms with Crippen molar-refractivity contribution in [2.24, 2.45) is 0 Å². The van der Waals surface area contributed by atoms with E-state index in [0.717, 1.165) is 24.2 Å². The van der Waals surface area contributed by atoms with Gasteiger partial charge in [-0.25, -0.2) is 19.6 Å². The Morgan fingerprint density at radius 2 is 1.83 bits per heavy atom. The number of ether oxygens (including phenoxy) is 4. The van der Waals surface area contributed by atoms with E-state index in [1.165, 1.54) is 7.11 Å². The lowest BCUT2D eigenvalue weighted by molar-refractivity contribution is -0.0468. The molecule has 11 heteroatoms. The van der Waals surface area contributed by atoms with Crippen LogP contribution in [0.3, 0.4) is 0 Å². The maximum absolute atomic E-state index is 12.8. The number of fused-ring (bicyclic) bond motifs is 1. The number of imidazole rings is 1. The first-order valence-electron chi connectivity index (χ1n) is 14.5. The molecule has 0 radical (unpaired) electrons. The molecular formula is C31H41N5O6. The summed E-state index contributed by atoms with van der Waals surface area (Å²) in [6.45, 7) is 11.6. The lowest BCUT2D eigenvalue weighted by Crippen LogP contribution is -2.48. The Morgan fingerprint density at radius 3 is 2.45 bits per heavy atom. The van der Waals surface area contributed by atoms with Gasteiger partial charge in [0.1, 0.15) is 28.5 Å². The summed E-state index contributed by atoms with van der Waals surface area (Å²) in [5.41, 5.74) is 1.86. The van der Waals surface area contributed by atoms with E-state index in [2.05, 4.69) is 18.7 Å². The average molecular weight is 580 g/mol. The first-order valence-corrected chi connectivity index (χ1v) is 14.5. The average Bonchev–Trinajstić information content (AvgIpc) is 3.50. The molecule has 2 saturated heterocycles. The quantitative estimate of drug-likeness (QED) is 0.377. The van der Waals surface area contributed by atoms with E-state index in [9.17, 15) is 9.59 Å². The van der Waals surface area contributed by atoms with E-state index < -0.39 is 11.6 Å². The summed E-state index contributed by atoms with van der Waals surface area (Å²) in [5.74, 6) is 1.60.